The van der Waals surface area contributed by atoms with Gasteiger partial charge < -0.3 is 0 Å². The first-order valence-electron chi connectivity index (χ1n) is 7.79. The molecular weight excluding hydrogens is 276 g/mol. The molecule has 110 valence electrons. The Kier molecular flexibility index (Phi) is 3.61. The maximum atomic E-state index is 6.82. The van der Waals surface area contributed by atoms with Gasteiger partial charge in [0.2, 0.25) is 0 Å². The Labute approximate surface area is 133 Å². The highest BCUT2D eigenvalue weighted by Crippen LogP contribution is 2.67. The van der Waals surface area contributed by atoms with Gasteiger partial charge in [-0.1, -0.05) is 60.5 Å². The molecule has 3 rings (SSSR count). The summed E-state index contributed by atoms with van der Waals surface area (Å²) in [7, 11) is 0. The number of rotatable bonds is 3. The Morgan fingerprint density at radius 2 is 1.43 bits per heavy atom. The highest BCUT2D eigenvalue weighted by Gasteiger charge is 2.61. The number of benzene rings is 2. The van der Waals surface area contributed by atoms with Crippen LogP contribution < -0.4 is 0 Å². The third kappa shape index (κ3) is 2.62. The van der Waals surface area contributed by atoms with Crippen LogP contribution in [0.25, 0.3) is 0 Å². The summed E-state index contributed by atoms with van der Waals surface area (Å²) in [5.74, 6) is 0.844. The van der Waals surface area contributed by atoms with E-state index in [-0.39, 0.29) is 4.87 Å². The minimum Gasteiger partial charge on any atom is -0.118 e. The van der Waals surface area contributed by atoms with Crippen LogP contribution in [0.2, 0.25) is 0 Å². The third-order valence-electron chi connectivity index (χ3n) is 4.79. The molecular formula is C20H23Cl. The van der Waals surface area contributed by atoms with Crippen LogP contribution in [0.5, 0.6) is 0 Å². The van der Waals surface area contributed by atoms with E-state index in [4.69, 9.17) is 11.6 Å². The molecule has 0 spiro atoms. The van der Waals surface area contributed by atoms with Crippen molar-refractivity contribution in [3.8, 4) is 0 Å². The van der Waals surface area contributed by atoms with E-state index in [0.717, 1.165) is 6.42 Å². The van der Waals surface area contributed by atoms with Crippen LogP contribution in [0.1, 0.15) is 53.5 Å². The average Bonchev–Trinajstić information content (AvgIpc) is 3.00. The zero-order valence-corrected chi connectivity index (χ0v) is 14.0. The second-order valence-corrected chi connectivity index (χ2v) is 7.44. The average molecular weight is 299 g/mol. The van der Waals surface area contributed by atoms with E-state index in [1.807, 2.05) is 0 Å². The Hall–Kier alpha value is -1.27. The Morgan fingerprint density at radius 1 is 0.905 bits per heavy atom. The molecule has 2 aromatic carbocycles. The van der Waals surface area contributed by atoms with E-state index in [1.54, 1.807) is 0 Å². The van der Waals surface area contributed by atoms with Crippen molar-refractivity contribution in [3.05, 3.63) is 70.3 Å². The smallest absolute Gasteiger partial charge is 0.0568 e. The SMILES string of the molecule is CCc1ccc(C2C(c3cc(C)cc(C)c3)C2(C)Cl)cc1. The van der Waals surface area contributed by atoms with Crippen LogP contribution >= 0.6 is 11.6 Å². The molecule has 1 aliphatic rings. The highest BCUT2D eigenvalue weighted by atomic mass is 35.5. The summed E-state index contributed by atoms with van der Waals surface area (Å²) in [5.41, 5.74) is 6.79. The Morgan fingerprint density at radius 3 is 1.95 bits per heavy atom. The molecule has 0 bridgehead atoms. The fraction of sp³-hybridized carbons (Fsp3) is 0.400. The van der Waals surface area contributed by atoms with E-state index in [1.165, 1.54) is 27.8 Å². The van der Waals surface area contributed by atoms with Gasteiger partial charge in [0.1, 0.15) is 0 Å². The van der Waals surface area contributed by atoms with Crippen molar-refractivity contribution in [1.82, 2.24) is 0 Å². The highest BCUT2D eigenvalue weighted by molar-refractivity contribution is 6.27. The first-order valence-corrected chi connectivity index (χ1v) is 8.17. The molecule has 0 heterocycles. The number of aryl methyl sites for hydroxylation is 3. The van der Waals surface area contributed by atoms with Gasteiger partial charge in [0.25, 0.3) is 0 Å². The standard InChI is InChI=1S/C20H23Cl/c1-5-15-6-8-16(9-7-15)18-19(20(18,4)21)17-11-13(2)10-14(3)12-17/h6-12,18-19H,5H2,1-4H3. The maximum Gasteiger partial charge on any atom is 0.0568 e. The number of hydrogen-bond acceptors (Lipinski definition) is 0. The number of halogens is 1. The molecule has 0 aliphatic heterocycles. The van der Waals surface area contributed by atoms with Crippen molar-refractivity contribution in [1.29, 1.82) is 0 Å². The zero-order chi connectivity index (χ0) is 15.2. The fourth-order valence-corrected chi connectivity index (χ4v) is 4.11. The molecule has 0 nitrogen and oxygen atoms in total. The molecule has 2 aromatic rings. The molecule has 1 saturated carbocycles. The largest absolute Gasteiger partial charge is 0.118 e. The fourth-order valence-electron chi connectivity index (χ4n) is 3.67. The minimum atomic E-state index is -0.159. The first kappa shape index (κ1) is 14.7. The van der Waals surface area contributed by atoms with Gasteiger partial charge >= 0.3 is 0 Å². The van der Waals surface area contributed by atoms with Gasteiger partial charge in [0.05, 0.1) is 4.87 Å². The van der Waals surface area contributed by atoms with Crippen molar-refractivity contribution >= 4 is 11.6 Å². The predicted molar refractivity (Wildman–Crippen MR) is 91.5 cm³/mol. The summed E-state index contributed by atoms with van der Waals surface area (Å²) in [4.78, 5) is -0.159. The van der Waals surface area contributed by atoms with E-state index in [0.29, 0.717) is 11.8 Å². The second-order valence-electron chi connectivity index (χ2n) is 6.62. The summed E-state index contributed by atoms with van der Waals surface area (Å²) < 4.78 is 0. The van der Waals surface area contributed by atoms with Gasteiger partial charge in [-0.05, 0) is 43.9 Å². The molecule has 1 fully saturated rings. The van der Waals surface area contributed by atoms with Gasteiger partial charge in [-0.25, -0.2) is 0 Å². The van der Waals surface area contributed by atoms with Crippen LogP contribution in [-0.2, 0) is 6.42 Å². The monoisotopic (exact) mass is 298 g/mol. The molecule has 0 saturated heterocycles. The lowest BCUT2D eigenvalue weighted by molar-refractivity contribution is 0.941. The van der Waals surface area contributed by atoms with Crippen LogP contribution in [0.4, 0.5) is 0 Å². The Bertz CT molecular complexity index is 632. The summed E-state index contributed by atoms with van der Waals surface area (Å²) in [6.45, 7) is 8.69. The molecule has 0 amide bonds. The third-order valence-corrected chi connectivity index (χ3v) is 5.26. The van der Waals surface area contributed by atoms with E-state index >= 15 is 0 Å². The molecule has 0 radical (unpaired) electrons. The van der Waals surface area contributed by atoms with E-state index in [2.05, 4.69) is 70.2 Å². The molecule has 21 heavy (non-hydrogen) atoms. The molecule has 0 N–H and O–H groups in total. The van der Waals surface area contributed by atoms with Crippen LogP contribution in [0, 0.1) is 13.8 Å². The lowest BCUT2D eigenvalue weighted by atomic mass is 10.00. The molecule has 1 aliphatic carbocycles. The van der Waals surface area contributed by atoms with Crippen molar-refractivity contribution in [2.75, 3.05) is 0 Å². The lowest BCUT2D eigenvalue weighted by Gasteiger charge is -2.05. The van der Waals surface area contributed by atoms with Gasteiger partial charge in [-0.2, -0.15) is 0 Å². The molecule has 3 unspecified atom stereocenters. The number of hydrogen-bond donors (Lipinski definition) is 0. The van der Waals surface area contributed by atoms with Gasteiger partial charge in [0.15, 0.2) is 0 Å². The number of alkyl halides is 1. The van der Waals surface area contributed by atoms with Crippen molar-refractivity contribution < 1.29 is 0 Å². The molecule has 1 heteroatoms. The van der Waals surface area contributed by atoms with E-state index < -0.39 is 0 Å². The first-order chi connectivity index (χ1) is 9.93. The van der Waals surface area contributed by atoms with Crippen LogP contribution in [-0.4, -0.2) is 4.87 Å². The van der Waals surface area contributed by atoms with Crippen LogP contribution in [0.3, 0.4) is 0 Å². The van der Waals surface area contributed by atoms with Crippen molar-refractivity contribution in [2.45, 2.75) is 50.8 Å². The minimum absolute atomic E-state index is 0.159. The van der Waals surface area contributed by atoms with Crippen LogP contribution in [0.15, 0.2) is 42.5 Å². The van der Waals surface area contributed by atoms with Crippen molar-refractivity contribution in [3.63, 3.8) is 0 Å². The van der Waals surface area contributed by atoms with Gasteiger partial charge in [-0.15, -0.1) is 11.6 Å². The quantitative estimate of drug-likeness (QED) is 0.633. The molecule has 3 atom stereocenters. The van der Waals surface area contributed by atoms with Crippen molar-refractivity contribution in [2.24, 2.45) is 0 Å². The summed E-state index contributed by atoms with van der Waals surface area (Å²) in [6.07, 6.45) is 1.09. The maximum absolute atomic E-state index is 6.82. The normalized spacial score (nSPS) is 27.7. The van der Waals surface area contributed by atoms with Gasteiger partial charge in [0, 0.05) is 11.8 Å². The Balaban J connectivity index is 1.93. The molecule has 0 aromatic heterocycles. The summed E-state index contributed by atoms with van der Waals surface area (Å²) >= 11 is 6.82. The zero-order valence-electron chi connectivity index (χ0n) is 13.3. The van der Waals surface area contributed by atoms with Gasteiger partial charge in [-0.3, -0.25) is 0 Å². The lowest BCUT2D eigenvalue weighted by Crippen LogP contribution is -1.95. The summed E-state index contributed by atoms with van der Waals surface area (Å²) in [6, 6.07) is 15.8. The predicted octanol–water partition coefficient (Wildman–Crippen LogP) is 5.74. The second kappa shape index (κ2) is 5.18. The topological polar surface area (TPSA) is 0 Å². The summed E-state index contributed by atoms with van der Waals surface area (Å²) in [5, 5.41) is 0. The van der Waals surface area contributed by atoms with E-state index in [9.17, 15) is 0 Å².